The summed E-state index contributed by atoms with van der Waals surface area (Å²) in [5, 5.41) is 2.97. The maximum atomic E-state index is 12.9. The summed E-state index contributed by atoms with van der Waals surface area (Å²) in [6.07, 6.45) is -2.57. The van der Waals surface area contributed by atoms with Crippen molar-refractivity contribution in [2.75, 3.05) is 6.54 Å². The number of benzene rings is 1. The van der Waals surface area contributed by atoms with Crippen LogP contribution in [0.25, 0.3) is 0 Å². The molecule has 0 fully saturated rings. The van der Waals surface area contributed by atoms with Crippen LogP contribution in [0.1, 0.15) is 37.8 Å². The molecule has 0 aliphatic rings. The van der Waals surface area contributed by atoms with Gasteiger partial charge in [0.05, 0.1) is 5.56 Å². The fourth-order valence-electron chi connectivity index (χ4n) is 1.83. The highest BCUT2D eigenvalue weighted by atomic mass is 19.4. The average molecular weight is 277 g/mol. The van der Waals surface area contributed by atoms with E-state index in [2.05, 4.69) is 19.2 Å². The number of nitrogens with one attached hydrogen (secondary N) is 1. The lowest BCUT2D eigenvalue weighted by molar-refractivity contribution is -0.138. The first-order valence-corrected chi connectivity index (χ1v) is 6.37. The quantitative estimate of drug-likeness (QED) is 0.601. The predicted octanol–water partition coefficient (Wildman–Crippen LogP) is 4.37. The molecule has 1 aromatic rings. The Hall–Kier alpha value is -1.10. The van der Waals surface area contributed by atoms with E-state index in [1.807, 2.05) is 0 Å². The molecule has 0 heterocycles. The summed E-state index contributed by atoms with van der Waals surface area (Å²) < 4.78 is 51.0. The second kappa shape index (κ2) is 6.89. The van der Waals surface area contributed by atoms with Gasteiger partial charge in [-0.15, -0.1) is 0 Å². The van der Waals surface area contributed by atoms with Crippen LogP contribution < -0.4 is 5.32 Å². The Morgan fingerprint density at radius 3 is 2.47 bits per heavy atom. The van der Waals surface area contributed by atoms with Crippen molar-refractivity contribution in [3.8, 4) is 0 Å². The summed E-state index contributed by atoms with van der Waals surface area (Å²) in [6.45, 7) is 4.96. The fourth-order valence-corrected chi connectivity index (χ4v) is 1.83. The first-order valence-electron chi connectivity index (χ1n) is 6.37. The second-order valence-corrected chi connectivity index (χ2v) is 5.01. The molecular weight excluding hydrogens is 258 g/mol. The van der Waals surface area contributed by atoms with E-state index in [-0.39, 0.29) is 12.1 Å². The van der Waals surface area contributed by atoms with E-state index in [9.17, 15) is 17.6 Å². The van der Waals surface area contributed by atoms with Gasteiger partial charge < -0.3 is 5.32 Å². The van der Waals surface area contributed by atoms with Gasteiger partial charge in [-0.3, -0.25) is 0 Å². The van der Waals surface area contributed by atoms with Crippen LogP contribution in [0.3, 0.4) is 0 Å². The first kappa shape index (κ1) is 16.0. The highest BCUT2D eigenvalue weighted by Crippen LogP contribution is 2.32. The molecule has 0 atom stereocenters. The molecule has 0 saturated carbocycles. The minimum Gasteiger partial charge on any atom is -0.313 e. The van der Waals surface area contributed by atoms with Crippen LogP contribution in [-0.4, -0.2) is 6.54 Å². The molecule has 0 amide bonds. The number of hydrogen-bond donors (Lipinski definition) is 1. The maximum Gasteiger partial charge on any atom is 0.416 e. The number of hydrogen-bond acceptors (Lipinski definition) is 1. The molecule has 0 bridgehead atoms. The van der Waals surface area contributed by atoms with E-state index in [4.69, 9.17) is 0 Å². The third kappa shape index (κ3) is 5.59. The molecule has 0 aliphatic heterocycles. The third-order valence-electron chi connectivity index (χ3n) is 2.83. The van der Waals surface area contributed by atoms with Crippen LogP contribution in [0.4, 0.5) is 17.6 Å². The first-order chi connectivity index (χ1) is 8.80. The van der Waals surface area contributed by atoms with E-state index < -0.39 is 17.6 Å². The van der Waals surface area contributed by atoms with Gasteiger partial charge in [0.15, 0.2) is 0 Å². The van der Waals surface area contributed by atoms with Crippen LogP contribution in [0.5, 0.6) is 0 Å². The topological polar surface area (TPSA) is 12.0 Å². The summed E-state index contributed by atoms with van der Waals surface area (Å²) in [5.41, 5.74) is -0.817. The van der Waals surface area contributed by atoms with E-state index >= 15 is 0 Å². The average Bonchev–Trinajstić information content (AvgIpc) is 2.28. The van der Waals surface area contributed by atoms with Crippen molar-refractivity contribution in [1.29, 1.82) is 0 Å². The molecule has 19 heavy (non-hydrogen) atoms. The van der Waals surface area contributed by atoms with Crippen molar-refractivity contribution >= 4 is 0 Å². The highest BCUT2D eigenvalue weighted by Gasteiger charge is 2.33. The van der Waals surface area contributed by atoms with Crippen molar-refractivity contribution < 1.29 is 17.6 Å². The van der Waals surface area contributed by atoms with Crippen LogP contribution in [0.2, 0.25) is 0 Å². The minimum atomic E-state index is -4.52. The molecule has 0 unspecified atom stereocenters. The van der Waals surface area contributed by atoms with Gasteiger partial charge in [0.1, 0.15) is 5.82 Å². The smallest absolute Gasteiger partial charge is 0.313 e. The molecule has 0 radical (unpaired) electrons. The molecule has 0 saturated heterocycles. The molecule has 0 spiro atoms. The van der Waals surface area contributed by atoms with Crippen molar-refractivity contribution in [3.63, 3.8) is 0 Å². The second-order valence-electron chi connectivity index (χ2n) is 5.01. The number of alkyl halides is 3. The summed E-state index contributed by atoms with van der Waals surface area (Å²) in [5.74, 6) is -0.283. The lowest BCUT2D eigenvalue weighted by atomic mass is 10.1. The lowest BCUT2D eigenvalue weighted by Gasteiger charge is -2.13. The van der Waals surface area contributed by atoms with E-state index in [0.29, 0.717) is 18.5 Å². The SMILES string of the molecule is CC(C)CCCNCc1ccc(F)cc1C(F)(F)F. The van der Waals surface area contributed by atoms with Gasteiger partial charge in [-0.05, 0) is 43.0 Å². The van der Waals surface area contributed by atoms with Crippen LogP contribution in [0, 0.1) is 11.7 Å². The molecule has 108 valence electrons. The van der Waals surface area contributed by atoms with Gasteiger partial charge in [-0.2, -0.15) is 13.2 Å². The van der Waals surface area contributed by atoms with Gasteiger partial charge in [0, 0.05) is 6.54 Å². The zero-order valence-electron chi connectivity index (χ0n) is 11.1. The van der Waals surface area contributed by atoms with Crippen LogP contribution in [0.15, 0.2) is 18.2 Å². The highest BCUT2D eigenvalue weighted by molar-refractivity contribution is 5.30. The molecule has 1 nitrogen and oxygen atoms in total. The van der Waals surface area contributed by atoms with Crippen LogP contribution >= 0.6 is 0 Å². The summed E-state index contributed by atoms with van der Waals surface area (Å²) in [6, 6.07) is 2.79. The zero-order chi connectivity index (χ0) is 14.5. The normalized spacial score (nSPS) is 12.2. The van der Waals surface area contributed by atoms with Gasteiger partial charge in [0.2, 0.25) is 0 Å². The van der Waals surface area contributed by atoms with E-state index in [0.717, 1.165) is 18.9 Å². The minimum absolute atomic E-state index is 0.0819. The Bertz CT molecular complexity index is 399. The van der Waals surface area contributed by atoms with Crippen molar-refractivity contribution in [2.45, 2.75) is 39.4 Å². The third-order valence-corrected chi connectivity index (χ3v) is 2.83. The molecule has 0 aromatic heterocycles. The van der Waals surface area contributed by atoms with Crippen LogP contribution in [-0.2, 0) is 12.7 Å². The standard InChI is InChI=1S/C14H19F4N/c1-10(2)4-3-7-19-9-11-5-6-12(15)8-13(11)14(16,17)18/h5-6,8,10,19H,3-4,7,9H2,1-2H3. The Morgan fingerprint density at radius 2 is 1.89 bits per heavy atom. The molecule has 1 rings (SSSR count). The summed E-state index contributed by atoms with van der Waals surface area (Å²) >= 11 is 0. The largest absolute Gasteiger partial charge is 0.416 e. The van der Waals surface area contributed by atoms with Gasteiger partial charge >= 0.3 is 6.18 Å². The number of rotatable bonds is 6. The summed E-state index contributed by atoms with van der Waals surface area (Å²) in [7, 11) is 0. The Balaban J connectivity index is 2.58. The van der Waals surface area contributed by atoms with Gasteiger partial charge in [-0.25, -0.2) is 4.39 Å². The monoisotopic (exact) mass is 277 g/mol. The van der Waals surface area contributed by atoms with E-state index in [1.54, 1.807) is 0 Å². The predicted molar refractivity (Wildman–Crippen MR) is 67.2 cm³/mol. The summed E-state index contributed by atoms with van der Waals surface area (Å²) in [4.78, 5) is 0. The molecule has 0 aliphatic carbocycles. The fraction of sp³-hybridized carbons (Fsp3) is 0.571. The maximum absolute atomic E-state index is 12.9. The Morgan fingerprint density at radius 1 is 1.21 bits per heavy atom. The van der Waals surface area contributed by atoms with E-state index in [1.165, 1.54) is 6.07 Å². The lowest BCUT2D eigenvalue weighted by Crippen LogP contribution is -2.19. The number of halogens is 4. The van der Waals surface area contributed by atoms with Gasteiger partial charge in [-0.1, -0.05) is 19.9 Å². The van der Waals surface area contributed by atoms with Gasteiger partial charge in [0.25, 0.3) is 0 Å². The Labute approximate surface area is 111 Å². The van der Waals surface area contributed by atoms with Crippen molar-refractivity contribution in [3.05, 3.63) is 35.1 Å². The molecule has 5 heteroatoms. The Kier molecular flexibility index (Phi) is 5.79. The van der Waals surface area contributed by atoms with Crippen molar-refractivity contribution in [2.24, 2.45) is 5.92 Å². The molecule has 1 aromatic carbocycles. The molecule has 1 N–H and O–H groups in total. The zero-order valence-corrected chi connectivity index (χ0v) is 11.1. The molecular formula is C14H19F4N. The van der Waals surface area contributed by atoms with Crippen molar-refractivity contribution in [1.82, 2.24) is 5.32 Å².